The average Bonchev–Trinajstić information content (AvgIpc) is 2.69. The summed E-state index contributed by atoms with van der Waals surface area (Å²) in [6.07, 6.45) is 6.70. The van der Waals surface area contributed by atoms with Crippen molar-refractivity contribution in [3.8, 4) is 0 Å². The fourth-order valence-corrected chi connectivity index (χ4v) is 6.28. The number of carbonyl (C=O) groups excluding carboxylic acids is 1. The van der Waals surface area contributed by atoms with Crippen LogP contribution in [-0.2, 0) is 11.3 Å². The third kappa shape index (κ3) is 3.64. The highest BCUT2D eigenvalue weighted by atomic mass is 19.1. The lowest BCUT2D eigenvalue weighted by atomic mass is 9.49. The molecule has 0 radical (unpaired) electrons. The van der Waals surface area contributed by atoms with Crippen LogP contribution in [-0.4, -0.2) is 16.2 Å². The predicted molar refractivity (Wildman–Crippen MR) is 109 cm³/mol. The first-order valence-electron chi connectivity index (χ1n) is 10.6. The zero-order chi connectivity index (χ0) is 20.0. The van der Waals surface area contributed by atoms with Gasteiger partial charge in [0.1, 0.15) is 5.82 Å². The van der Waals surface area contributed by atoms with E-state index in [1.54, 1.807) is 12.1 Å². The van der Waals surface area contributed by atoms with Crippen LogP contribution in [0.1, 0.15) is 44.1 Å². The molecule has 4 bridgehead atoms. The van der Waals surface area contributed by atoms with Gasteiger partial charge in [0.25, 0.3) is 5.91 Å². The van der Waals surface area contributed by atoms with Gasteiger partial charge in [-0.1, -0.05) is 12.1 Å². The molecule has 5 heteroatoms. The summed E-state index contributed by atoms with van der Waals surface area (Å²) in [5.74, 6) is 1.68. The summed E-state index contributed by atoms with van der Waals surface area (Å²) in [7, 11) is 0. The van der Waals surface area contributed by atoms with Gasteiger partial charge in [0, 0.05) is 11.4 Å². The van der Waals surface area contributed by atoms with E-state index in [2.05, 4.69) is 5.32 Å². The Labute approximate surface area is 170 Å². The molecule has 4 aliphatic rings. The van der Waals surface area contributed by atoms with E-state index in [0.29, 0.717) is 17.8 Å². The molecule has 0 aromatic heterocycles. The fourth-order valence-electron chi connectivity index (χ4n) is 6.28. The van der Waals surface area contributed by atoms with Crippen LogP contribution in [0.5, 0.6) is 0 Å². The van der Waals surface area contributed by atoms with Crippen molar-refractivity contribution in [3.63, 3.8) is 0 Å². The molecule has 29 heavy (non-hydrogen) atoms. The van der Waals surface area contributed by atoms with E-state index in [1.165, 1.54) is 31.4 Å². The van der Waals surface area contributed by atoms with Crippen molar-refractivity contribution in [1.29, 1.82) is 0 Å². The Morgan fingerprint density at radius 1 is 0.931 bits per heavy atom. The van der Waals surface area contributed by atoms with E-state index in [4.69, 9.17) is 0 Å². The molecule has 152 valence electrons. The largest absolute Gasteiger partial charge is 0.356 e. The lowest BCUT2D eigenvalue weighted by Gasteiger charge is -2.56. The third-order valence-corrected chi connectivity index (χ3v) is 7.15. The first-order valence-corrected chi connectivity index (χ1v) is 10.6. The monoisotopic (exact) mass is 394 g/mol. The van der Waals surface area contributed by atoms with Gasteiger partial charge in [0.05, 0.1) is 12.0 Å². The van der Waals surface area contributed by atoms with E-state index >= 15 is 0 Å². The van der Waals surface area contributed by atoms with Crippen LogP contribution in [0.15, 0.2) is 48.5 Å². The average molecular weight is 394 g/mol. The number of carbonyl (C=O) groups is 1. The highest BCUT2D eigenvalue weighted by Gasteiger charge is 2.55. The Morgan fingerprint density at radius 3 is 1.93 bits per heavy atom. The zero-order valence-corrected chi connectivity index (χ0v) is 16.5. The molecular formula is C24H27FN2O2. The van der Waals surface area contributed by atoms with Crippen molar-refractivity contribution in [3.05, 3.63) is 59.9 Å². The van der Waals surface area contributed by atoms with Gasteiger partial charge in [-0.2, -0.15) is 0 Å². The number of anilines is 2. The number of hydrogen-bond acceptors (Lipinski definition) is 3. The Morgan fingerprint density at radius 2 is 1.41 bits per heavy atom. The van der Waals surface area contributed by atoms with Crippen LogP contribution in [0.3, 0.4) is 0 Å². The van der Waals surface area contributed by atoms with Crippen LogP contribution >= 0.6 is 0 Å². The molecule has 0 saturated heterocycles. The number of hydrogen-bond donors (Lipinski definition) is 2. The number of amides is 1. The fraction of sp³-hybridized carbons (Fsp3) is 0.458. The van der Waals surface area contributed by atoms with Crippen molar-refractivity contribution < 1.29 is 14.4 Å². The van der Waals surface area contributed by atoms with Crippen LogP contribution in [0, 0.1) is 29.0 Å². The first kappa shape index (κ1) is 18.6. The Hall–Kier alpha value is -2.40. The van der Waals surface area contributed by atoms with Gasteiger partial charge in [-0.25, -0.2) is 9.45 Å². The van der Waals surface area contributed by atoms with E-state index in [9.17, 15) is 14.4 Å². The third-order valence-electron chi connectivity index (χ3n) is 7.15. The second-order valence-electron chi connectivity index (χ2n) is 9.39. The van der Waals surface area contributed by atoms with Gasteiger partial charge < -0.3 is 5.32 Å². The summed E-state index contributed by atoms with van der Waals surface area (Å²) < 4.78 is 13.0. The lowest BCUT2D eigenvalue weighted by molar-refractivity contribution is -0.193. The molecule has 2 aromatic carbocycles. The Bertz CT molecular complexity index is 859. The van der Waals surface area contributed by atoms with Gasteiger partial charge in [-0.05, 0) is 98.2 Å². The lowest BCUT2D eigenvalue weighted by Crippen LogP contribution is -2.53. The summed E-state index contributed by atoms with van der Waals surface area (Å²) in [5.41, 5.74) is 2.24. The number of rotatable bonds is 5. The molecule has 2 aromatic rings. The van der Waals surface area contributed by atoms with E-state index in [-0.39, 0.29) is 23.7 Å². The molecule has 0 heterocycles. The molecule has 4 aliphatic carbocycles. The molecule has 2 N–H and O–H groups in total. The van der Waals surface area contributed by atoms with Crippen LogP contribution in [0.4, 0.5) is 15.8 Å². The summed E-state index contributed by atoms with van der Waals surface area (Å²) in [6.45, 7) is 0.206. The van der Waals surface area contributed by atoms with Crippen LogP contribution < -0.4 is 5.32 Å². The van der Waals surface area contributed by atoms with E-state index in [1.807, 2.05) is 24.3 Å². The summed E-state index contributed by atoms with van der Waals surface area (Å²) in [6, 6.07) is 13.8. The number of nitrogens with zero attached hydrogens (tertiary/aromatic N) is 1. The van der Waals surface area contributed by atoms with Crippen molar-refractivity contribution in [1.82, 2.24) is 5.06 Å². The summed E-state index contributed by atoms with van der Waals surface area (Å²) in [5, 5.41) is 14.8. The molecular weight excluding hydrogens is 367 g/mol. The second kappa shape index (κ2) is 7.13. The molecule has 0 aliphatic heterocycles. The standard InChI is InChI=1S/C24H27FN2O2/c25-20-3-7-22(8-4-20)26-21-5-1-16(2-6-21)15-27(29)23(28)24-12-17-9-18(13-24)11-19(10-17)14-24/h1-8,17-19,26,29H,9-15H2. The molecule has 0 spiro atoms. The molecule has 1 amide bonds. The molecule has 0 unspecified atom stereocenters. The van der Waals surface area contributed by atoms with Gasteiger partial charge in [0.2, 0.25) is 0 Å². The van der Waals surface area contributed by atoms with Crippen molar-refractivity contribution in [2.24, 2.45) is 23.2 Å². The highest BCUT2D eigenvalue weighted by molar-refractivity contribution is 5.82. The van der Waals surface area contributed by atoms with Crippen molar-refractivity contribution >= 4 is 17.3 Å². The minimum atomic E-state index is -0.326. The summed E-state index contributed by atoms with van der Waals surface area (Å²) >= 11 is 0. The maximum absolute atomic E-state index is 13.2. The molecule has 4 saturated carbocycles. The minimum Gasteiger partial charge on any atom is -0.356 e. The molecule has 6 rings (SSSR count). The van der Waals surface area contributed by atoms with E-state index in [0.717, 1.165) is 41.3 Å². The van der Waals surface area contributed by atoms with Gasteiger partial charge in [0.15, 0.2) is 0 Å². The van der Waals surface area contributed by atoms with Gasteiger partial charge in [-0.15, -0.1) is 0 Å². The van der Waals surface area contributed by atoms with Crippen LogP contribution in [0.25, 0.3) is 0 Å². The number of halogens is 1. The quantitative estimate of drug-likeness (QED) is 0.520. The summed E-state index contributed by atoms with van der Waals surface area (Å²) in [4.78, 5) is 13.2. The zero-order valence-electron chi connectivity index (χ0n) is 16.5. The van der Waals surface area contributed by atoms with Crippen molar-refractivity contribution in [2.75, 3.05) is 5.32 Å². The van der Waals surface area contributed by atoms with Crippen LogP contribution in [0.2, 0.25) is 0 Å². The number of benzene rings is 2. The highest BCUT2D eigenvalue weighted by Crippen LogP contribution is 2.60. The van der Waals surface area contributed by atoms with E-state index < -0.39 is 0 Å². The maximum atomic E-state index is 13.2. The molecule has 4 nitrogen and oxygen atoms in total. The smallest absolute Gasteiger partial charge is 0.252 e. The molecule has 0 atom stereocenters. The topological polar surface area (TPSA) is 52.6 Å². The maximum Gasteiger partial charge on any atom is 0.252 e. The van der Waals surface area contributed by atoms with Gasteiger partial charge in [-0.3, -0.25) is 10.0 Å². The molecule has 4 fully saturated rings. The normalized spacial score (nSPS) is 29.7. The second-order valence-corrected chi connectivity index (χ2v) is 9.39. The predicted octanol–water partition coefficient (Wildman–Crippen LogP) is 5.50. The minimum absolute atomic E-state index is 0.0786. The van der Waals surface area contributed by atoms with Gasteiger partial charge >= 0.3 is 0 Å². The first-order chi connectivity index (χ1) is 14.0. The number of hydroxylamine groups is 2. The van der Waals surface area contributed by atoms with Crippen molar-refractivity contribution in [2.45, 2.75) is 45.1 Å². The Kier molecular flexibility index (Phi) is 4.58. The number of nitrogens with one attached hydrogen (secondary N) is 1. The Balaban J connectivity index is 1.23. The SMILES string of the molecule is O=C(N(O)Cc1ccc(Nc2ccc(F)cc2)cc1)C12CC3CC(CC(C3)C1)C2.